The van der Waals surface area contributed by atoms with Gasteiger partial charge in [-0.1, -0.05) is 190 Å². The molecule has 7 aromatic rings. The first-order valence-corrected chi connectivity index (χ1v) is 27.5. The molecule has 1 heterocycles. The van der Waals surface area contributed by atoms with E-state index in [0.717, 1.165) is 96.3 Å². The molecule has 0 aliphatic carbocycles. The Hall–Kier alpha value is -4.58. The summed E-state index contributed by atoms with van der Waals surface area (Å²) in [4.78, 5) is 16.9. The van der Waals surface area contributed by atoms with Crippen LogP contribution >= 0.6 is 22.7 Å². The van der Waals surface area contributed by atoms with E-state index in [1.807, 2.05) is 109 Å². The standard InChI is InChI=1S/C21H22O2S2.2C20H24OS2.Ni/c1-14(2)11-12-23-18-10-9-15(3)13-17(18)20-19(24-21(22)25-20)16-7-5-4-6-8-16;2*1-14(2)11-12-21-18-10-9-15(3)13-17(18)20(23)19(22)16-7-5-4-6-8-16;/h4-10,13-14H,11-12H2,1-3H3;2*4-10,13-14,22-23H,11-12H2,1-3H3;/p-4. The van der Waals surface area contributed by atoms with Crippen LogP contribution in [0.5, 0.6) is 17.2 Å². The van der Waals surface area contributed by atoms with Gasteiger partial charge in [0.2, 0.25) is 0 Å². The van der Waals surface area contributed by atoms with Gasteiger partial charge < -0.3 is 64.7 Å². The Morgan fingerprint density at radius 3 is 1.19 bits per heavy atom. The molecule has 4 nitrogen and oxygen atoms in total. The number of hydrogen-bond acceptors (Lipinski definition) is 10. The van der Waals surface area contributed by atoms with Crippen LogP contribution in [0.15, 0.2) is 150 Å². The largest absolute Gasteiger partial charge is 0.780 e. The van der Waals surface area contributed by atoms with Gasteiger partial charge in [-0.3, -0.25) is 4.79 Å². The normalized spacial score (nSPS) is 11.6. The maximum atomic E-state index is 12.2. The summed E-state index contributed by atoms with van der Waals surface area (Å²) in [5.41, 5.74) is 9.33. The van der Waals surface area contributed by atoms with Crippen molar-refractivity contribution in [3.63, 3.8) is 0 Å². The Bertz CT molecular complexity index is 2750. The van der Waals surface area contributed by atoms with E-state index in [2.05, 4.69) is 98.7 Å². The summed E-state index contributed by atoms with van der Waals surface area (Å²) in [6.45, 7) is 21.4. The molecule has 7 rings (SSSR count). The molecule has 0 aliphatic heterocycles. The van der Waals surface area contributed by atoms with E-state index in [-0.39, 0.29) is 20.5 Å². The van der Waals surface area contributed by atoms with Crippen molar-refractivity contribution in [2.75, 3.05) is 19.8 Å². The van der Waals surface area contributed by atoms with E-state index in [1.54, 1.807) is 0 Å². The second-order valence-electron chi connectivity index (χ2n) is 18.6. The van der Waals surface area contributed by atoms with Crippen molar-refractivity contribution in [3.8, 4) is 38.1 Å². The average molecular weight is 1110 g/mol. The molecule has 6 aromatic carbocycles. The average Bonchev–Trinajstić information content (AvgIpc) is 3.76. The molecule has 0 atom stereocenters. The van der Waals surface area contributed by atoms with E-state index < -0.39 is 0 Å². The summed E-state index contributed by atoms with van der Waals surface area (Å²) in [7, 11) is 0. The Morgan fingerprint density at radius 2 is 0.792 bits per heavy atom. The molecule has 0 saturated heterocycles. The molecular formula is C61H66NiO4S6-4. The maximum Gasteiger partial charge on any atom is 0.288 e. The topological polar surface area (TPSA) is 44.8 Å². The monoisotopic (exact) mass is 1110 g/mol. The number of benzene rings is 6. The third-order valence-electron chi connectivity index (χ3n) is 11.1. The first-order valence-electron chi connectivity index (χ1n) is 24.2. The van der Waals surface area contributed by atoms with Gasteiger partial charge in [-0.2, -0.15) is 19.6 Å². The molecule has 0 aliphatic rings. The van der Waals surface area contributed by atoms with E-state index in [4.69, 9.17) is 64.7 Å². The Kier molecular flexibility index (Phi) is 25.5. The quantitative estimate of drug-likeness (QED) is 0.0479. The number of aryl methyl sites for hydroxylation is 3. The van der Waals surface area contributed by atoms with Gasteiger partial charge in [0.15, 0.2) is 0 Å². The van der Waals surface area contributed by atoms with Crippen LogP contribution in [0, 0.1) is 38.5 Å². The zero-order chi connectivity index (χ0) is 51.5. The number of ether oxygens (including phenoxy) is 3. The van der Waals surface area contributed by atoms with Gasteiger partial charge in [0, 0.05) is 22.1 Å². The first-order chi connectivity index (χ1) is 34.0. The van der Waals surface area contributed by atoms with Gasteiger partial charge >= 0.3 is 0 Å². The fourth-order valence-electron chi connectivity index (χ4n) is 6.98. The van der Waals surface area contributed by atoms with Crippen molar-refractivity contribution in [2.45, 2.75) is 81.6 Å². The molecule has 11 heteroatoms. The summed E-state index contributed by atoms with van der Waals surface area (Å²) < 4.78 is 18.1. The smallest absolute Gasteiger partial charge is 0.288 e. The van der Waals surface area contributed by atoms with Crippen LogP contribution in [0.2, 0.25) is 0 Å². The molecule has 384 valence electrons. The van der Waals surface area contributed by atoms with Crippen molar-refractivity contribution in [2.24, 2.45) is 17.8 Å². The van der Waals surface area contributed by atoms with Crippen molar-refractivity contribution in [3.05, 3.63) is 193 Å². The molecule has 0 saturated carbocycles. The molecule has 0 spiro atoms. The number of hydrogen-bond donors (Lipinski definition) is 0. The predicted molar refractivity (Wildman–Crippen MR) is 317 cm³/mol. The zero-order valence-corrected chi connectivity index (χ0v) is 48.6. The van der Waals surface area contributed by atoms with E-state index in [1.165, 1.54) is 22.7 Å². The first kappa shape index (κ1) is 60.0. The second kappa shape index (κ2) is 30.6. The number of rotatable bonds is 18. The third kappa shape index (κ3) is 18.7. The van der Waals surface area contributed by atoms with Crippen LogP contribution in [0.3, 0.4) is 0 Å². The molecule has 1 aromatic heterocycles. The minimum atomic E-state index is 0. The zero-order valence-electron chi connectivity index (χ0n) is 42.7. The molecule has 0 unspecified atom stereocenters. The summed E-state index contributed by atoms with van der Waals surface area (Å²) in [6, 6.07) is 48.3. The van der Waals surface area contributed by atoms with Gasteiger partial charge in [-0.25, -0.2) is 0 Å². The predicted octanol–water partition coefficient (Wildman–Crippen LogP) is 16.9. The SMILES string of the molecule is Cc1ccc(OCCC(C)C)c(-c2sc(=O)sc2-c2ccccc2)c1.Cc1ccc(OCCC(C)C)c(C([S-])=C([S-])c2ccccc2)c1.Cc1ccc(OCCC(C)C)c(C([S-])=C([S-])c2ccccc2)c1.[Ni]. The summed E-state index contributed by atoms with van der Waals surface area (Å²) in [6.07, 6.45) is 3.05. The maximum absolute atomic E-state index is 12.2. The van der Waals surface area contributed by atoms with E-state index in [0.29, 0.717) is 57.2 Å². The van der Waals surface area contributed by atoms with Gasteiger partial charge in [0.25, 0.3) is 4.06 Å². The molecule has 72 heavy (non-hydrogen) atoms. The molecule has 0 fully saturated rings. The van der Waals surface area contributed by atoms with Gasteiger partial charge in [0.1, 0.15) is 17.2 Å². The summed E-state index contributed by atoms with van der Waals surface area (Å²) in [5, 5.41) is 0. The van der Waals surface area contributed by atoms with Gasteiger partial charge in [-0.15, -0.1) is 0 Å². The second-order valence-corrected chi connectivity index (χ2v) is 22.5. The summed E-state index contributed by atoms with van der Waals surface area (Å²) >= 11 is 25.1. The van der Waals surface area contributed by atoms with Crippen LogP contribution in [0.4, 0.5) is 0 Å². The van der Waals surface area contributed by atoms with Crippen molar-refractivity contribution < 1.29 is 30.7 Å². The van der Waals surface area contributed by atoms with Gasteiger partial charge in [0.05, 0.1) is 29.6 Å². The van der Waals surface area contributed by atoms with Crippen molar-refractivity contribution in [1.29, 1.82) is 0 Å². The van der Waals surface area contributed by atoms with Crippen LogP contribution in [0.1, 0.15) is 99.7 Å². The van der Waals surface area contributed by atoms with Gasteiger partial charge in [-0.05, 0) is 122 Å². The third-order valence-corrected chi connectivity index (χ3v) is 15.3. The van der Waals surface area contributed by atoms with E-state index in [9.17, 15) is 4.79 Å². The Morgan fingerprint density at radius 1 is 0.444 bits per heavy atom. The molecule has 0 N–H and O–H groups in total. The minimum Gasteiger partial charge on any atom is -0.780 e. The van der Waals surface area contributed by atoms with Crippen LogP contribution in [0.25, 0.3) is 40.5 Å². The molecule has 0 bridgehead atoms. The van der Waals surface area contributed by atoms with E-state index >= 15 is 0 Å². The van der Waals surface area contributed by atoms with Crippen molar-refractivity contribution >= 4 is 92.8 Å². The van der Waals surface area contributed by atoms with Crippen LogP contribution in [-0.4, -0.2) is 19.8 Å². The van der Waals surface area contributed by atoms with Crippen LogP contribution < -0.4 is 18.3 Å². The minimum absolute atomic E-state index is 0. The molecular weight excluding hydrogens is 1050 g/mol. The van der Waals surface area contributed by atoms with Crippen LogP contribution in [-0.2, 0) is 67.0 Å². The van der Waals surface area contributed by atoms with Crippen molar-refractivity contribution in [1.82, 2.24) is 0 Å². The Balaban J connectivity index is 0.000000233. The fraction of sp³-hybridized carbons (Fsp3) is 0.295. The molecule has 0 amide bonds. The fourth-order valence-corrected chi connectivity index (χ4v) is 10.2. The summed E-state index contributed by atoms with van der Waals surface area (Å²) in [5.74, 6) is 4.32. The molecule has 0 radical (unpaired) electrons. The Labute approximate surface area is 470 Å².